The van der Waals surface area contributed by atoms with Crippen LogP contribution in [0.3, 0.4) is 0 Å². The summed E-state index contributed by atoms with van der Waals surface area (Å²) in [5.74, 6) is 0. The van der Waals surface area contributed by atoms with Crippen molar-refractivity contribution in [2.45, 2.75) is 6.54 Å². The van der Waals surface area contributed by atoms with Gasteiger partial charge in [-0.3, -0.25) is 0 Å². The zero-order chi connectivity index (χ0) is 17.5. The molecule has 0 fully saturated rings. The minimum absolute atomic E-state index is 0.785. The van der Waals surface area contributed by atoms with Crippen molar-refractivity contribution >= 4 is 33.1 Å². The van der Waals surface area contributed by atoms with E-state index in [1.54, 1.807) is 0 Å². The number of nitrogens with zero attached hydrogens (tertiary/aromatic N) is 1. The summed E-state index contributed by atoms with van der Waals surface area (Å²) in [6.45, 7) is 0.792. The summed E-state index contributed by atoms with van der Waals surface area (Å²) < 4.78 is 2.39. The number of anilines is 1. The van der Waals surface area contributed by atoms with Crippen LogP contribution >= 0.6 is 0 Å². The fourth-order valence-corrected chi connectivity index (χ4v) is 3.80. The van der Waals surface area contributed by atoms with Crippen LogP contribution in [-0.2, 0) is 6.54 Å². The largest absolute Gasteiger partial charge is 0.399 e. The summed E-state index contributed by atoms with van der Waals surface area (Å²) in [6.07, 6.45) is 4.14. The molecule has 1 aliphatic rings. The van der Waals surface area contributed by atoms with E-state index < -0.39 is 0 Å². The average Bonchev–Trinajstić information content (AvgIpc) is 3.27. The number of fused-ring (bicyclic) bond motifs is 3. The third kappa shape index (κ3) is 2.28. The number of allylic oxidation sites excluding steroid dienone is 3. The van der Waals surface area contributed by atoms with Crippen LogP contribution in [0.15, 0.2) is 96.3 Å². The van der Waals surface area contributed by atoms with Crippen molar-refractivity contribution in [2.24, 2.45) is 0 Å². The fourth-order valence-electron chi connectivity index (χ4n) is 3.80. The van der Waals surface area contributed by atoms with Crippen LogP contribution in [0.1, 0.15) is 5.56 Å². The molecular weight excluding hydrogens is 316 g/mol. The molecular formula is C24H18N2. The molecule has 0 aliphatic heterocycles. The molecule has 2 N–H and O–H groups in total. The Labute approximate surface area is 152 Å². The molecule has 0 radical (unpaired) electrons. The van der Waals surface area contributed by atoms with Gasteiger partial charge in [0.25, 0.3) is 0 Å². The van der Waals surface area contributed by atoms with Gasteiger partial charge in [-0.15, -0.1) is 5.73 Å². The van der Waals surface area contributed by atoms with Gasteiger partial charge in [0.15, 0.2) is 0 Å². The average molecular weight is 334 g/mol. The Bertz CT molecular complexity index is 1180. The lowest BCUT2D eigenvalue weighted by atomic mass is 10.00. The Balaban J connectivity index is 1.62. The molecule has 1 heterocycles. The van der Waals surface area contributed by atoms with E-state index in [0.717, 1.165) is 12.2 Å². The molecule has 0 saturated heterocycles. The predicted octanol–water partition coefficient (Wildman–Crippen LogP) is 5.56. The van der Waals surface area contributed by atoms with Crippen molar-refractivity contribution < 1.29 is 0 Å². The predicted molar refractivity (Wildman–Crippen MR) is 110 cm³/mol. The highest BCUT2D eigenvalue weighted by molar-refractivity contribution is 6.08. The number of hydrogen-bond donors (Lipinski definition) is 1. The highest BCUT2D eigenvalue weighted by Crippen LogP contribution is 2.33. The minimum Gasteiger partial charge on any atom is -0.399 e. The summed E-state index contributed by atoms with van der Waals surface area (Å²) in [4.78, 5) is 0. The third-order valence-electron chi connectivity index (χ3n) is 5.05. The summed E-state index contributed by atoms with van der Waals surface area (Å²) in [5.41, 5.74) is 16.2. The van der Waals surface area contributed by atoms with Gasteiger partial charge in [0.05, 0.1) is 6.54 Å². The van der Waals surface area contributed by atoms with E-state index in [4.69, 9.17) is 5.73 Å². The van der Waals surface area contributed by atoms with Gasteiger partial charge in [0.1, 0.15) is 0 Å². The van der Waals surface area contributed by atoms with Gasteiger partial charge in [0, 0.05) is 33.1 Å². The molecule has 3 aromatic carbocycles. The number of hydrogen-bond acceptors (Lipinski definition) is 1. The minimum atomic E-state index is 0.785. The van der Waals surface area contributed by atoms with Crippen LogP contribution < -0.4 is 5.73 Å². The number of nitrogen functional groups attached to an aromatic ring is 1. The molecule has 0 unspecified atom stereocenters. The van der Waals surface area contributed by atoms with E-state index in [1.165, 1.54) is 38.5 Å². The van der Waals surface area contributed by atoms with E-state index >= 15 is 0 Å². The molecule has 0 atom stereocenters. The highest BCUT2D eigenvalue weighted by Gasteiger charge is 2.15. The first-order chi connectivity index (χ1) is 12.8. The molecule has 0 amide bonds. The third-order valence-corrected chi connectivity index (χ3v) is 5.05. The van der Waals surface area contributed by atoms with Crippen LogP contribution in [-0.4, -0.2) is 4.57 Å². The first-order valence-electron chi connectivity index (χ1n) is 8.79. The second-order valence-corrected chi connectivity index (χ2v) is 6.61. The Hall–Kier alpha value is -3.48. The van der Waals surface area contributed by atoms with Gasteiger partial charge >= 0.3 is 0 Å². The summed E-state index contributed by atoms with van der Waals surface area (Å²) >= 11 is 0. The lowest BCUT2D eigenvalue weighted by molar-refractivity contribution is 0.875. The maximum Gasteiger partial charge on any atom is 0.0560 e. The van der Waals surface area contributed by atoms with E-state index in [9.17, 15) is 0 Å². The quantitative estimate of drug-likeness (QED) is 0.386. The number of rotatable bonds is 3. The van der Waals surface area contributed by atoms with Crippen LogP contribution in [0.25, 0.3) is 27.4 Å². The van der Waals surface area contributed by atoms with Crippen molar-refractivity contribution in [3.63, 3.8) is 0 Å². The van der Waals surface area contributed by atoms with E-state index in [0.29, 0.717) is 0 Å². The topological polar surface area (TPSA) is 30.9 Å². The monoisotopic (exact) mass is 334 g/mol. The molecule has 2 nitrogen and oxygen atoms in total. The van der Waals surface area contributed by atoms with Gasteiger partial charge in [-0.2, -0.15) is 0 Å². The molecule has 4 aromatic rings. The van der Waals surface area contributed by atoms with Crippen LogP contribution in [0, 0.1) is 0 Å². The molecule has 1 aliphatic carbocycles. The number of aromatic nitrogens is 1. The Morgan fingerprint density at radius 3 is 2.04 bits per heavy atom. The summed E-state index contributed by atoms with van der Waals surface area (Å²) in [6, 6.07) is 25.3. The van der Waals surface area contributed by atoms with Gasteiger partial charge in [-0.1, -0.05) is 48.5 Å². The maximum atomic E-state index is 5.84. The first kappa shape index (κ1) is 14.8. The first-order valence-corrected chi connectivity index (χ1v) is 8.79. The van der Waals surface area contributed by atoms with Gasteiger partial charge < -0.3 is 10.3 Å². The van der Waals surface area contributed by atoms with Crippen molar-refractivity contribution in [1.82, 2.24) is 4.57 Å². The van der Waals surface area contributed by atoms with Crippen molar-refractivity contribution in [2.75, 3.05) is 5.73 Å². The van der Waals surface area contributed by atoms with Gasteiger partial charge in [0.2, 0.25) is 0 Å². The van der Waals surface area contributed by atoms with Crippen LogP contribution in [0.5, 0.6) is 0 Å². The smallest absolute Gasteiger partial charge is 0.0560 e. The van der Waals surface area contributed by atoms with Gasteiger partial charge in [-0.25, -0.2) is 0 Å². The van der Waals surface area contributed by atoms with Crippen molar-refractivity contribution in [3.8, 4) is 0 Å². The molecule has 5 rings (SSSR count). The Morgan fingerprint density at radius 2 is 1.38 bits per heavy atom. The standard InChI is InChI=1S/C24H18N2/c25-19-14-12-17(13-15-19)20-9-5-6-18(20)16-26-23-10-3-1-7-21(23)22-8-2-4-11-24(22)26/h1-5,7-15H,16,25H2. The van der Waals surface area contributed by atoms with Crippen LogP contribution in [0.2, 0.25) is 0 Å². The molecule has 124 valence electrons. The fraction of sp³-hybridized carbons (Fsp3) is 0.0417. The number of benzene rings is 3. The summed E-state index contributed by atoms with van der Waals surface area (Å²) in [7, 11) is 0. The molecule has 0 saturated carbocycles. The lowest BCUT2D eigenvalue weighted by Gasteiger charge is -2.12. The van der Waals surface area contributed by atoms with Crippen LogP contribution in [0.4, 0.5) is 5.69 Å². The molecule has 2 heteroatoms. The molecule has 0 bridgehead atoms. The number of para-hydroxylation sites is 2. The Kier molecular flexibility index (Phi) is 3.31. The van der Waals surface area contributed by atoms with Crippen molar-refractivity contribution in [1.29, 1.82) is 0 Å². The molecule has 0 spiro atoms. The molecule has 1 aromatic heterocycles. The molecule has 26 heavy (non-hydrogen) atoms. The second-order valence-electron chi connectivity index (χ2n) is 6.61. The zero-order valence-corrected chi connectivity index (χ0v) is 14.3. The van der Waals surface area contributed by atoms with E-state index in [2.05, 4.69) is 77.0 Å². The van der Waals surface area contributed by atoms with Crippen molar-refractivity contribution in [3.05, 3.63) is 102 Å². The summed E-state index contributed by atoms with van der Waals surface area (Å²) in [5, 5.41) is 2.59. The number of nitrogens with two attached hydrogens (primary N) is 1. The lowest BCUT2D eigenvalue weighted by Crippen LogP contribution is -2.01. The second kappa shape index (κ2) is 5.80. The normalized spacial score (nSPS) is 13.4. The van der Waals surface area contributed by atoms with Gasteiger partial charge in [-0.05, 0) is 47.6 Å². The maximum absolute atomic E-state index is 5.84. The van der Waals surface area contributed by atoms with E-state index in [-0.39, 0.29) is 0 Å². The highest BCUT2D eigenvalue weighted by atomic mass is 15.0. The zero-order valence-electron chi connectivity index (χ0n) is 14.3. The Morgan fingerprint density at radius 1 is 0.769 bits per heavy atom. The van der Waals surface area contributed by atoms with E-state index in [1.807, 2.05) is 18.2 Å². The SMILES string of the molecule is Nc1ccc(C2=CC=C=C2Cn2c3ccccc3c3ccccc32)cc1.